The number of likely N-dealkylation sites (N-methyl/N-ethyl adjacent to an activating group) is 1. The van der Waals surface area contributed by atoms with Crippen LogP contribution in [0.3, 0.4) is 0 Å². The molecule has 1 aliphatic rings. The lowest BCUT2D eigenvalue weighted by Gasteiger charge is -2.37. The molecule has 0 N–H and O–H groups in total. The largest absolute Gasteiger partial charge is 0.478 e. The van der Waals surface area contributed by atoms with E-state index < -0.39 is 5.60 Å². The van der Waals surface area contributed by atoms with E-state index in [1.165, 1.54) is 5.56 Å². The highest BCUT2D eigenvalue weighted by Crippen LogP contribution is 2.21. The maximum absolute atomic E-state index is 12.6. The van der Waals surface area contributed by atoms with E-state index in [0.717, 1.165) is 31.9 Å². The molecule has 0 saturated carbocycles. The van der Waals surface area contributed by atoms with Crippen molar-refractivity contribution in [3.05, 3.63) is 29.8 Å². The Bertz CT molecular complexity index is 460. The standard InChI is InChI=1S/C16H24N2O2.C2H6/c1-13-5-7-14(8-6-13)20-16(2,3)15(19)18-11-9-17(4)10-12-18;1-2/h5-8H,9-12H2,1-4H3;1-2H3. The number of carbonyl (C=O) groups is 1. The molecule has 1 aliphatic heterocycles. The molecule has 0 bridgehead atoms. The Kier molecular flexibility index (Phi) is 6.88. The highest BCUT2D eigenvalue weighted by Gasteiger charge is 2.35. The van der Waals surface area contributed by atoms with Gasteiger partial charge in [0.25, 0.3) is 5.91 Å². The molecular formula is C18H30N2O2. The number of ether oxygens (including phenoxy) is 1. The van der Waals surface area contributed by atoms with E-state index in [9.17, 15) is 4.79 Å². The molecule has 22 heavy (non-hydrogen) atoms. The summed E-state index contributed by atoms with van der Waals surface area (Å²) in [5, 5.41) is 0. The van der Waals surface area contributed by atoms with Gasteiger partial charge in [0, 0.05) is 26.2 Å². The Morgan fingerprint density at radius 1 is 1.05 bits per heavy atom. The minimum absolute atomic E-state index is 0.0613. The number of rotatable bonds is 3. The Labute approximate surface area is 135 Å². The highest BCUT2D eigenvalue weighted by atomic mass is 16.5. The molecule has 0 spiro atoms. The molecule has 1 amide bonds. The molecule has 124 valence electrons. The predicted octanol–water partition coefficient (Wildman–Crippen LogP) is 2.95. The third kappa shape index (κ3) is 5.02. The molecule has 1 heterocycles. The first-order chi connectivity index (χ1) is 10.4. The van der Waals surface area contributed by atoms with Crippen LogP contribution in [-0.2, 0) is 4.79 Å². The minimum Gasteiger partial charge on any atom is -0.478 e. The van der Waals surface area contributed by atoms with Gasteiger partial charge in [0.2, 0.25) is 0 Å². The van der Waals surface area contributed by atoms with Gasteiger partial charge in [-0.3, -0.25) is 4.79 Å². The van der Waals surface area contributed by atoms with Gasteiger partial charge >= 0.3 is 0 Å². The zero-order valence-corrected chi connectivity index (χ0v) is 14.8. The second-order valence-corrected chi connectivity index (χ2v) is 6.02. The summed E-state index contributed by atoms with van der Waals surface area (Å²) in [6.45, 7) is 13.1. The molecule has 1 aromatic carbocycles. The highest BCUT2D eigenvalue weighted by molar-refractivity contribution is 5.85. The Morgan fingerprint density at radius 2 is 1.55 bits per heavy atom. The molecule has 0 unspecified atom stereocenters. The number of piperazine rings is 1. The van der Waals surface area contributed by atoms with Crippen LogP contribution in [0.1, 0.15) is 33.3 Å². The van der Waals surface area contributed by atoms with Crippen LogP contribution >= 0.6 is 0 Å². The molecule has 1 aromatic rings. The summed E-state index contributed by atoms with van der Waals surface area (Å²) in [6.07, 6.45) is 0. The molecule has 0 aromatic heterocycles. The third-order valence-corrected chi connectivity index (χ3v) is 3.70. The van der Waals surface area contributed by atoms with E-state index in [0.29, 0.717) is 0 Å². The molecule has 4 nitrogen and oxygen atoms in total. The van der Waals surface area contributed by atoms with Crippen LogP contribution in [0.25, 0.3) is 0 Å². The van der Waals surface area contributed by atoms with Gasteiger partial charge in [-0.2, -0.15) is 0 Å². The van der Waals surface area contributed by atoms with E-state index in [1.54, 1.807) is 0 Å². The lowest BCUT2D eigenvalue weighted by atomic mass is 10.1. The van der Waals surface area contributed by atoms with E-state index in [1.807, 2.05) is 63.8 Å². The van der Waals surface area contributed by atoms with Crippen molar-refractivity contribution < 1.29 is 9.53 Å². The van der Waals surface area contributed by atoms with Gasteiger partial charge in [-0.25, -0.2) is 0 Å². The van der Waals surface area contributed by atoms with Crippen molar-refractivity contribution in [3.8, 4) is 5.75 Å². The average Bonchev–Trinajstić information content (AvgIpc) is 2.51. The van der Waals surface area contributed by atoms with Crippen LogP contribution in [0.5, 0.6) is 5.75 Å². The summed E-state index contributed by atoms with van der Waals surface area (Å²) in [6, 6.07) is 7.81. The van der Waals surface area contributed by atoms with Crippen LogP contribution in [0.4, 0.5) is 0 Å². The molecular weight excluding hydrogens is 276 g/mol. The molecule has 2 rings (SSSR count). The molecule has 1 fully saturated rings. The normalized spacial score (nSPS) is 15.8. The third-order valence-electron chi connectivity index (χ3n) is 3.70. The number of aryl methyl sites for hydroxylation is 1. The maximum Gasteiger partial charge on any atom is 0.266 e. The number of carbonyl (C=O) groups excluding carboxylic acids is 1. The van der Waals surface area contributed by atoms with E-state index in [4.69, 9.17) is 4.74 Å². The fraction of sp³-hybridized carbons (Fsp3) is 0.611. The smallest absolute Gasteiger partial charge is 0.266 e. The van der Waals surface area contributed by atoms with Gasteiger partial charge in [0.15, 0.2) is 5.60 Å². The van der Waals surface area contributed by atoms with Crippen molar-refractivity contribution in [2.24, 2.45) is 0 Å². The zero-order chi connectivity index (χ0) is 16.8. The van der Waals surface area contributed by atoms with Crippen molar-refractivity contribution >= 4 is 5.91 Å². The first-order valence-corrected chi connectivity index (χ1v) is 8.12. The number of nitrogens with zero attached hydrogens (tertiary/aromatic N) is 2. The van der Waals surface area contributed by atoms with E-state index in [2.05, 4.69) is 11.9 Å². The summed E-state index contributed by atoms with van der Waals surface area (Å²) < 4.78 is 5.89. The fourth-order valence-electron chi connectivity index (χ4n) is 2.33. The number of hydrogen-bond donors (Lipinski definition) is 0. The van der Waals surface area contributed by atoms with Crippen LogP contribution in [0, 0.1) is 6.92 Å². The molecule has 0 atom stereocenters. The molecule has 1 saturated heterocycles. The molecule has 4 heteroatoms. The lowest BCUT2D eigenvalue weighted by Crippen LogP contribution is -2.55. The van der Waals surface area contributed by atoms with Crippen LogP contribution in [-0.4, -0.2) is 54.5 Å². The quantitative estimate of drug-likeness (QED) is 0.861. The zero-order valence-electron chi connectivity index (χ0n) is 14.8. The molecule has 0 radical (unpaired) electrons. The van der Waals surface area contributed by atoms with Gasteiger partial charge in [0.1, 0.15) is 5.75 Å². The predicted molar refractivity (Wildman–Crippen MR) is 91.3 cm³/mol. The van der Waals surface area contributed by atoms with Crippen molar-refractivity contribution in [1.29, 1.82) is 0 Å². The topological polar surface area (TPSA) is 32.8 Å². The minimum atomic E-state index is -0.828. The van der Waals surface area contributed by atoms with E-state index in [-0.39, 0.29) is 5.91 Å². The first kappa shape index (κ1) is 18.5. The second kappa shape index (κ2) is 8.18. The number of benzene rings is 1. The van der Waals surface area contributed by atoms with Crippen LogP contribution in [0.15, 0.2) is 24.3 Å². The Morgan fingerprint density at radius 3 is 2.05 bits per heavy atom. The fourth-order valence-corrected chi connectivity index (χ4v) is 2.33. The number of amides is 1. The monoisotopic (exact) mass is 306 g/mol. The van der Waals surface area contributed by atoms with Gasteiger partial charge in [-0.15, -0.1) is 0 Å². The van der Waals surface area contributed by atoms with Crippen molar-refractivity contribution in [1.82, 2.24) is 9.80 Å². The van der Waals surface area contributed by atoms with Gasteiger partial charge in [0.05, 0.1) is 0 Å². The summed E-state index contributed by atoms with van der Waals surface area (Å²) in [4.78, 5) is 16.7. The summed E-state index contributed by atoms with van der Waals surface area (Å²) in [7, 11) is 2.08. The summed E-state index contributed by atoms with van der Waals surface area (Å²) >= 11 is 0. The average molecular weight is 306 g/mol. The Balaban J connectivity index is 0.00000116. The van der Waals surface area contributed by atoms with Crippen molar-refractivity contribution in [2.45, 2.75) is 40.2 Å². The van der Waals surface area contributed by atoms with Crippen molar-refractivity contribution in [3.63, 3.8) is 0 Å². The SMILES string of the molecule is CC.Cc1ccc(OC(C)(C)C(=O)N2CCN(C)CC2)cc1. The maximum atomic E-state index is 12.6. The Hall–Kier alpha value is -1.55. The van der Waals surface area contributed by atoms with Gasteiger partial charge in [-0.05, 0) is 40.0 Å². The van der Waals surface area contributed by atoms with Crippen LogP contribution in [0.2, 0.25) is 0 Å². The first-order valence-electron chi connectivity index (χ1n) is 8.12. The van der Waals surface area contributed by atoms with E-state index >= 15 is 0 Å². The summed E-state index contributed by atoms with van der Waals surface area (Å²) in [5.41, 5.74) is 0.353. The summed E-state index contributed by atoms with van der Waals surface area (Å²) in [5.74, 6) is 0.800. The lowest BCUT2D eigenvalue weighted by molar-refractivity contribution is -0.147. The van der Waals surface area contributed by atoms with Crippen molar-refractivity contribution in [2.75, 3.05) is 33.2 Å². The van der Waals surface area contributed by atoms with Gasteiger partial charge < -0.3 is 14.5 Å². The van der Waals surface area contributed by atoms with Gasteiger partial charge in [-0.1, -0.05) is 31.5 Å². The molecule has 0 aliphatic carbocycles. The number of hydrogen-bond acceptors (Lipinski definition) is 3. The second-order valence-electron chi connectivity index (χ2n) is 6.02. The van der Waals surface area contributed by atoms with Crippen LogP contribution < -0.4 is 4.74 Å².